The molecule has 160 valence electrons. The number of sulfonamides is 1. The van der Waals surface area contributed by atoms with Crippen molar-refractivity contribution >= 4 is 20.9 Å². The Labute approximate surface area is 179 Å². The molecule has 0 amide bonds. The number of H-pyrrole nitrogens is 1. The number of fused-ring (bicyclic) bond motifs is 1. The molecule has 1 N–H and O–H groups in total. The minimum absolute atomic E-state index is 0.143. The Morgan fingerprint density at radius 1 is 1.03 bits per heavy atom. The van der Waals surface area contributed by atoms with Gasteiger partial charge >= 0.3 is 0 Å². The minimum atomic E-state index is -4.24. The summed E-state index contributed by atoms with van der Waals surface area (Å²) >= 11 is 0. The number of furan rings is 1. The van der Waals surface area contributed by atoms with Gasteiger partial charge in [-0.25, -0.2) is 12.8 Å². The van der Waals surface area contributed by atoms with Crippen molar-refractivity contribution in [1.29, 1.82) is 0 Å². The first-order valence-corrected chi connectivity index (χ1v) is 11.2. The summed E-state index contributed by atoms with van der Waals surface area (Å²) in [6.45, 7) is 1.65. The van der Waals surface area contributed by atoms with E-state index in [-0.39, 0.29) is 18.7 Å². The van der Waals surface area contributed by atoms with E-state index in [1.54, 1.807) is 18.2 Å². The summed E-state index contributed by atoms with van der Waals surface area (Å²) in [6.07, 6.45) is 2.26. The molecule has 0 aliphatic rings. The van der Waals surface area contributed by atoms with E-state index in [4.69, 9.17) is 4.42 Å². The first-order chi connectivity index (χ1) is 14.9. The van der Waals surface area contributed by atoms with Crippen molar-refractivity contribution in [2.45, 2.75) is 31.3 Å². The van der Waals surface area contributed by atoms with E-state index in [0.29, 0.717) is 11.3 Å². The molecule has 0 radical (unpaired) electrons. The van der Waals surface area contributed by atoms with Gasteiger partial charge in [-0.1, -0.05) is 25.1 Å². The van der Waals surface area contributed by atoms with E-state index in [1.807, 2.05) is 25.1 Å². The molecule has 31 heavy (non-hydrogen) atoms. The van der Waals surface area contributed by atoms with Gasteiger partial charge in [-0.15, -0.1) is 0 Å². The van der Waals surface area contributed by atoms with Gasteiger partial charge in [-0.05, 0) is 59.8 Å². The number of aromatic amines is 1. The van der Waals surface area contributed by atoms with Crippen LogP contribution in [0.15, 0.2) is 81.0 Å². The summed E-state index contributed by atoms with van der Waals surface area (Å²) in [5.41, 5.74) is 1.62. The lowest BCUT2D eigenvalue weighted by molar-refractivity contribution is 0.356. The molecule has 0 unspecified atom stereocenters. The molecule has 0 bridgehead atoms. The van der Waals surface area contributed by atoms with Crippen LogP contribution in [-0.2, 0) is 29.5 Å². The van der Waals surface area contributed by atoms with Gasteiger partial charge in [0.2, 0.25) is 10.0 Å². The predicted molar refractivity (Wildman–Crippen MR) is 115 cm³/mol. The fourth-order valence-electron chi connectivity index (χ4n) is 3.42. The maximum Gasteiger partial charge on any atom is 0.252 e. The highest BCUT2D eigenvalue weighted by Crippen LogP contribution is 2.24. The number of aryl methyl sites for hydroxylation is 1. The van der Waals surface area contributed by atoms with Gasteiger partial charge in [-0.3, -0.25) is 4.79 Å². The standard InChI is InChI=1S/C23H21FN2O4S/c1-2-16-9-10-21-17(12-16)13-18(23(27)25-21)14-26(15-19-6-5-11-30-19)31(28,29)22-8-4-3-7-20(22)24/h3-13H,2,14-15H2,1H3,(H,25,27). The monoisotopic (exact) mass is 440 g/mol. The number of benzene rings is 2. The second-order valence-corrected chi connectivity index (χ2v) is 9.09. The molecule has 0 fully saturated rings. The lowest BCUT2D eigenvalue weighted by atomic mass is 10.1. The molecule has 0 saturated carbocycles. The molecule has 0 aliphatic carbocycles. The van der Waals surface area contributed by atoms with E-state index < -0.39 is 26.3 Å². The smallest absolute Gasteiger partial charge is 0.252 e. The molecule has 2 aromatic heterocycles. The molecule has 4 aromatic rings. The molecule has 2 heterocycles. The third kappa shape index (κ3) is 4.30. The van der Waals surface area contributed by atoms with Crippen molar-refractivity contribution < 1.29 is 17.2 Å². The lowest BCUT2D eigenvalue weighted by Gasteiger charge is -2.21. The fourth-order valence-corrected chi connectivity index (χ4v) is 4.87. The zero-order valence-corrected chi connectivity index (χ0v) is 17.7. The highest BCUT2D eigenvalue weighted by atomic mass is 32.2. The molecular formula is C23H21FN2O4S. The van der Waals surface area contributed by atoms with Crippen LogP contribution in [0.4, 0.5) is 4.39 Å². The Kier molecular flexibility index (Phi) is 5.75. The minimum Gasteiger partial charge on any atom is -0.468 e. The summed E-state index contributed by atoms with van der Waals surface area (Å²) in [4.78, 5) is 15.0. The Morgan fingerprint density at radius 3 is 2.55 bits per heavy atom. The number of nitrogens with zero attached hydrogens (tertiary/aromatic N) is 1. The molecule has 6 nitrogen and oxygen atoms in total. The average molecular weight is 440 g/mol. The molecule has 0 aliphatic heterocycles. The molecule has 0 spiro atoms. The second-order valence-electron chi connectivity index (χ2n) is 7.18. The Morgan fingerprint density at radius 2 is 1.84 bits per heavy atom. The van der Waals surface area contributed by atoms with Crippen LogP contribution in [0.5, 0.6) is 0 Å². The van der Waals surface area contributed by atoms with Crippen molar-refractivity contribution in [3.63, 3.8) is 0 Å². The van der Waals surface area contributed by atoms with E-state index in [2.05, 4.69) is 4.98 Å². The van der Waals surface area contributed by atoms with Crippen molar-refractivity contribution in [1.82, 2.24) is 9.29 Å². The zero-order chi connectivity index (χ0) is 22.0. The summed E-state index contributed by atoms with van der Waals surface area (Å²) in [7, 11) is -4.24. The molecule has 8 heteroatoms. The van der Waals surface area contributed by atoms with Gasteiger partial charge in [0.15, 0.2) is 0 Å². The second kappa shape index (κ2) is 8.49. The highest BCUT2D eigenvalue weighted by Gasteiger charge is 2.29. The predicted octanol–water partition coefficient (Wildman–Crippen LogP) is 4.21. The molecule has 2 aromatic carbocycles. The zero-order valence-electron chi connectivity index (χ0n) is 16.8. The first kappa shape index (κ1) is 21.0. The summed E-state index contributed by atoms with van der Waals surface area (Å²) < 4.78 is 47.3. The quantitative estimate of drug-likeness (QED) is 0.467. The number of pyridine rings is 1. The third-order valence-corrected chi connectivity index (χ3v) is 6.93. The maximum atomic E-state index is 14.3. The van der Waals surface area contributed by atoms with E-state index in [0.717, 1.165) is 27.7 Å². The van der Waals surface area contributed by atoms with Crippen LogP contribution in [0, 0.1) is 5.82 Å². The SMILES string of the molecule is CCc1ccc2[nH]c(=O)c(CN(Cc3ccco3)S(=O)(=O)c3ccccc3F)cc2c1. The van der Waals surface area contributed by atoms with Crippen molar-refractivity contribution in [3.8, 4) is 0 Å². The number of nitrogens with one attached hydrogen (secondary N) is 1. The topological polar surface area (TPSA) is 83.4 Å². The van der Waals surface area contributed by atoms with Gasteiger partial charge < -0.3 is 9.40 Å². The van der Waals surface area contributed by atoms with E-state index >= 15 is 0 Å². The summed E-state index contributed by atoms with van der Waals surface area (Å²) in [6, 6.07) is 15.8. The average Bonchev–Trinajstić information content (AvgIpc) is 3.27. The summed E-state index contributed by atoms with van der Waals surface area (Å²) in [5.74, 6) is -0.475. The molecule has 4 rings (SSSR count). The van der Waals surface area contributed by atoms with Crippen molar-refractivity contribution in [3.05, 3.63) is 100.0 Å². The van der Waals surface area contributed by atoms with Crippen molar-refractivity contribution in [2.24, 2.45) is 0 Å². The van der Waals surface area contributed by atoms with Gasteiger partial charge in [0.1, 0.15) is 16.5 Å². The van der Waals surface area contributed by atoms with E-state index in [1.165, 1.54) is 24.5 Å². The molecule has 0 atom stereocenters. The van der Waals surface area contributed by atoms with Crippen LogP contribution in [-0.4, -0.2) is 17.7 Å². The largest absolute Gasteiger partial charge is 0.468 e. The van der Waals surface area contributed by atoms with Gasteiger partial charge in [0.25, 0.3) is 5.56 Å². The Hall–Kier alpha value is -3.23. The third-order valence-electron chi connectivity index (χ3n) is 5.11. The number of rotatable bonds is 7. The number of halogens is 1. The van der Waals surface area contributed by atoms with Gasteiger partial charge in [0, 0.05) is 17.6 Å². The van der Waals surface area contributed by atoms with Crippen LogP contribution in [0.1, 0.15) is 23.8 Å². The maximum absolute atomic E-state index is 14.3. The Bertz CT molecular complexity index is 1380. The van der Waals surface area contributed by atoms with Crippen LogP contribution in [0.3, 0.4) is 0 Å². The van der Waals surface area contributed by atoms with Crippen LogP contribution in [0.2, 0.25) is 0 Å². The first-order valence-electron chi connectivity index (χ1n) is 9.80. The fraction of sp³-hybridized carbons (Fsp3) is 0.174. The van der Waals surface area contributed by atoms with Crippen LogP contribution in [0.25, 0.3) is 10.9 Å². The molecular weight excluding hydrogens is 419 g/mol. The van der Waals surface area contributed by atoms with Gasteiger partial charge in [0.05, 0.1) is 12.8 Å². The van der Waals surface area contributed by atoms with Crippen molar-refractivity contribution in [2.75, 3.05) is 0 Å². The molecule has 0 saturated heterocycles. The Balaban J connectivity index is 1.79. The van der Waals surface area contributed by atoms with Gasteiger partial charge in [-0.2, -0.15) is 4.31 Å². The normalized spacial score (nSPS) is 12.0. The van der Waals surface area contributed by atoms with Crippen LogP contribution >= 0.6 is 0 Å². The summed E-state index contributed by atoms with van der Waals surface area (Å²) in [5, 5.41) is 0.801. The number of hydrogen-bond acceptors (Lipinski definition) is 4. The number of aromatic nitrogens is 1. The highest BCUT2D eigenvalue weighted by molar-refractivity contribution is 7.89. The number of hydrogen-bond donors (Lipinski definition) is 1. The van der Waals surface area contributed by atoms with Crippen LogP contribution < -0.4 is 5.56 Å². The van der Waals surface area contributed by atoms with E-state index in [9.17, 15) is 17.6 Å². The lowest BCUT2D eigenvalue weighted by Crippen LogP contribution is -2.33.